The second-order valence-corrected chi connectivity index (χ2v) is 13.8. The Bertz CT molecular complexity index is 1550. The molecule has 0 aliphatic heterocycles. The first-order valence-corrected chi connectivity index (χ1v) is 17.0. The Morgan fingerprint density at radius 3 is 2.26 bits per heavy atom. The van der Waals surface area contributed by atoms with Crippen LogP contribution >= 0.6 is 34.8 Å². The zero-order valence-electron chi connectivity index (χ0n) is 24.2. The standard InChI is InChI=1S/C32H36Cl3N3O4S/c1-3-29(32(40)36-24-11-6-4-7-12-24)37(20-23-17-18-27(34)28(35)19-23)31(39)21-38(30-16-10-15-26(33)22(30)2)43(41,42)25-13-8-5-9-14-25/h5,8-10,13-19,24,29H,3-4,6-7,11-12,20-21H2,1-2H3,(H,36,40). The van der Waals surface area contributed by atoms with Gasteiger partial charge in [-0.2, -0.15) is 0 Å². The molecule has 1 N–H and O–H groups in total. The van der Waals surface area contributed by atoms with Gasteiger partial charge in [-0.05, 0) is 73.7 Å². The van der Waals surface area contributed by atoms with E-state index in [-0.39, 0.29) is 29.1 Å². The van der Waals surface area contributed by atoms with Crippen LogP contribution in [0.15, 0.2) is 71.6 Å². The first kappa shape index (κ1) is 33.1. The lowest BCUT2D eigenvalue weighted by atomic mass is 9.95. The van der Waals surface area contributed by atoms with Crippen molar-refractivity contribution in [1.82, 2.24) is 10.2 Å². The molecule has 4 rings (SSSR count). The van der Waals surface area contributed by atoms with Crippen molar-refractivity contribution in [3.63, 3.8) is 0 Å². The molecule has 0 radical (unpaired) electrons. The van der Waals surface area contributed by atoms with E-state index in [4.69, 9.17) is 34.8 Å². The van der Waals surface area contributed by atoms with Crippen molar-refractivity contribution in [1.29, 1.82) is 0 Å². The van der Waals surface area contributed by atoms with Gasteiger partial charge in [0.05, 0.1) is 20.6 Å². The number of benzene rings is 3. The normalized spacial score (nSPS) is 14.6. The van der Waals surface area contributed by atoms with Crippen molar-refractivity contribution in [2.75, 3.05) is 10.8 Å². The zero-order valence-corrected chi connectivity index (χ0v) is 27.3. The number of nitrogens with zero attached hydrogens (tertiary/aromatic N) is 2. The van der Waals surface area contributed by atoms with Gasteiger partial charge in [0.25, 0.3) is 10.0 Å². The average molecular weight is 665 g/mol. The molecule has 1 atom stereocenters. The maximum absolute atomic E-state index is 14.3. The fourth-order valence-corrected chi connectivity index (χ4v) is 7.38. The highest BCUT2D eigenvalue weighted by atomic mass is 35.5. The molecule has 0 saturated heterocycles. The molecule has 2 amide bonds. The van der Waals surface area contributed by atoms with E-state index >= 15 is 0 Å². The SMILES string of the molecule is CCC(C(=O)NC1CCCCC1)N(Cc1ccc(Cl)c(Cl)c1)C(=O)CN(c1cccc(Cl)c1C)S(=O)(=O)c1ccccc1. The topological polar surface area (TPSA) is 86.8 Å². The van der Waals surface area contributed by atoms with Crippen LogP contribution < -0.4 is 9.62 Å². The fourth-order valence-electron chi connectivity index (χ4n) is 5.40. The molecule has 1 fully saturated rings. The summed E-state index contributed by atoms with van der Waals surface area (Å²) in [6.45, 7) is 3.02. The molecule has 0 heterocycles. The summed E-state index contributed by atoms with van der Waals surface area (Å²) in [5, 5.41) is 4.18. The molecular formula is C32H36Cl3N3O4S. The number of nitrogens with one attached hydrogen (secondary N) is 1. The highest BCUT2D eigenvalue weighted by Gasteiger charge is 2.35. The summed E-state index contributed by atoms with van der Waals surface area (Å²) in [6, 6.07) is 17.1. The molecule has 1 aliphatic rings. The number of hydrogen-bond acceptors (Lipinski definition) is 4. The molecule has 0 spiro atoms. The minimum atomic E-state index is -4.19. The molecular weight excluding hydrogens is 629 g/mol. The molecule has 1 unspecified atom stereocenters. The molecule has 43 heavy (non-hydrogen) atoms. The predicted octanol–water partition coefficient (Wildman–Crippen LogP) is 7.41. The van der Waals surface area contributed by atoms with Gasteiger partial charge in [-0.15, -0.1) is 0 Å². The van der Waals surface area contributed by atoms with Crippen LogP contribution in [0.4, 0.5) is 5.69 Å². The van der Waals surface area contributed by atoms with Gasteiger partial charge < -0.3 is 10.2 Å². The Morgan fingerprint density at radius 1 is 0.907 bits per heavy atom. The maximum Gasteiger partial charge on any atom is 0.264 e. The number of carbonyl (C=O) groups excluding carboxylic acids is 2. The number of hydrogen-bond donors (Lipinski definition) is 1. The van der Waals surface area contributed by atoms with Crippen LogP contribution in [0.2, 0.25) is 15.1 Å². The van der Waals surface area contributed by atoms with Gasteiger partial charge in [-0.1, -0.05) is 91.3 Å². The third-order valence-electron chi connectivity index (χ3n) is 7.79. The summed E-state index contributed by atoms with van der Waals surface area (Å²) in [5.74, 6) is -0.810. The smallest absolute Gasteiger partial charge is 0.264 e. The van der Waals surface area contributed by atoms with Crippen LogP contribution in [0.1, 0.15) is 56.6 Å². The van der Waals surface area contributed by atoms with E-state index < -0.39 is 28.5 Å². The number of halogens is 3. The van der Waals surface area contributed by atoms with Crippen molar-refractivity contribution < 1.29 is 18.0 Å². The van der Waals surface area contributed by atoms with Crippen LogP contribution in [-0.4, -0.2) is 43.8 Å². The third kappa shape index (κ3) is 8.04. The minimum absolute atomic E-state index is 0.0278. The summed E-state index contributed by atoms with van der Waals surface area (Å²) in [5.41, 5.74) is 1.44. The van der Waals surface area contributed by atoms with Crippen LogP contribution in [0.5, 0.6) is 0 Å². The zero-order chi connectivity index (χ0) is 31.1. The Morgan fingerprint density at radius 2 is 1.60 bits per heavy atom. The molecule has 1 saturated carbocycles. The van der Waals surface area contributed by atoms with Crippen molar-refractivity contribution in [2.45, 2.75) is 75.9 Å². The van der Waals surface area contributed by atoms with E-state index in [1.807, 2.05) is 6.92 Å². The van der Waals surface area contributed by atoms with Crippen LogP contribution in [-0.2, 0) is 26.2 Å². The van der Waals surface area contributed by atoms with Crippen LogP contribution in [0.25, 0.3) is 0 Å². The Kier molecular flexibility index (Phi) is 11.4. The third-order valence-corrected chi connectivity index (χ3v) is 10.7. The average Bonchev–Trinajstić information content (AvgIpc) is 3.00. The molecule has 11 heteroatoms. The largest absolute Gasteiger partial charge is 0.352 e. The van der Waals surface area contributed by atoms with E-state index in [0.29, 0.717) is 32.6 Å². The van der Waals surface area contributed by atoms with Gasteiger partial charge in [0, 0.05) is 17.6 Å². The van der Waals surface area contributed by atoms with Crippen molar-refractivity contribution in [3.8, 4) is 0 Å². The molecule has 7 nitrogen and oxygen atoms in total. The summed E-state index contributed by atoms with van der Waals surface area (Å²) >= 11 is 18.8. The van der Waals surface area contributed by atoms with E-state index in [1.54, 1.807) is 61.5 Å². The summed E-state index contributed by atoms with van der Waals surface area (Å²) in [4.78, 5) is 29.4. The fraction of sp³-hybridized carbons (Fsp3) is 0.375. The van der Waals surface area contributed by atoms with Gasteiger partial charge in [0.15, 0.2) is 0 Å². The number of carbonyl (C=O) groups is 2. The first-order chi connectivity index (χ1) is 20.5. The summed E-state index contributed by atoms with van der Waals surface area (Å²) in [6.07, 6.45) is 5.32. The molecule has 230 valence electrons. The Balaban J connectivity index is 1.74. The second kappa shape index (κ2) is 14.8. The van der Waals surface area contributed by atoms with Crippen LogP contribution in [0.3, 0.4) is 0 Å². The highest BCUT2D eigenvalue weighted by molar-refractivity contribution is 7.92. The molecule has 0 aromatic heterocycles. The van der Waals surface area contributed by atoms with Crippen molar-refractivity contribution in [3.05, 3.63) is 92.9 Å². The predicted molar refractivity (Wildman–Crippen MR) is 173 cm³/mol. The lowest BCUT2D eigenvalue weighted by molar-refractivity contribution is -0.140. The Labute approximate surface area is 269 Å². The summed E-state index contributed by atoms with van der Waals surface area (Å²) in [7, 11) is -4.19. The van der Waals surface area contributed by atoms with E-state index in [1.165, 1.54) is 17.0 Å². The van der Waals surface area contributed by atoms with E-state index in [0.717, 1.165) is 36.4 Å². The highest BCUT2D eigenvalue weighted by Crippen LogP contribution is 2.32. The number of amides is 2. The van der Waals surface area contributed by atoms with E-state index in [2.05, 4.69) is 5.32 Å². The van der Waals surface area contributed by atoms with Gasteiger partial charge >= 0.3 is 0 Å². The van der Waals surface area contributed by atoms with Crippen LogP contribution in [0, 0.1) is 6.92 Å². The maximum atomic E-state index is 14.3. The second-order valence-electron chi connectivity index (χ2n) is 10.7. The van der Waals surface area contributed by atoms with Crippen molar-refractivity contribution >= 4 is 62.3 Å². The Hall–Kier alpha value is -2.78. The number of rotatable bonds is 11. The van der Waals surface area contributed by atoms with Gasteiger partial charge in [-0.3, -0.25) is 13.9 Å². The molecule has 0 bridgehead atoms. The molecule has 3 aromatic carbocycles. The minimum Gasteiger partial charge on any atom is -0.352 e. The monoisotopic (exact) mass is 663 g/mol. The van der Waals surface area contributed by atoms with E-state index in [9.17, 15) is 18.0 Å². The number of sulfonamides is 1. The lowest BCUT2D eigenvalue weighted by Gasteiger charge is -2.35. The van der Waals surface area contributed by atoms with Crippen molar-refractivity contribution in [2.24, 2.45) is 0 Å². The summed E-state index contributed by atoms with van der Waals surface area (Å²) < 4.78 is 29.1. The number of anilines is 1. The van der Waals surface area contributed by atoms with Gasteiger partial charge in [0.1, 0.15) is 12.6 Å². The molecule has 3 aromatic rings. The quantitative estimate of drug-likeness (QED) is 0.231. The van der Waals surface area contributed by atoms with Gasteiger partial charge in [-0.25, -0.2) is 8.42 Å². The molecule has 1 aliphatic carbocycles. The lowest BCUT2D eigenvalue weighted by Crippen LogP contribution is -2.54. The first-order valence-electron chi connectivity index (χ1n) is 14.4. The van der Waals surface area contributed by atoms with Gasteiger partial charge in [0.2, 0.25) is 11.8 Å².